The zero-order valence-electron chi connectivity index (χ0n) is 18.7. The van der Waals surface area contributed by atoms with Gasteiger partial charge in [-0.15, -0.1) is 0 Å². The van der Waals surface area contributed by atoms with E-state index in [2.05, 4.69) is 22.1 Å². The third kappa shape index (κ3) is 3.92. The van der Waals surface area contributed by atoms with E-state index in [1.54, 1.807) is 12.4 Å². The molecule has 2 aromatic heterocycles. The number of aromatic nitrogens is 3. The highest BCUT2D eigenvalue weighted by Crippen LogP contribution is 2.44. The number of nitrogens with one attached hydrogen (secondary N) is 1. The fourth-order valence-electron chi connectivity index (χ4n) is 5.26. The van der Waals surface area contributed by atoms with Gasteiger partial charge in [0.2, 0.25) is 0 Å². The Kier molecular flexibility index (Phi) is 5.36. The molecule has 0 unspecified atom stereocenters. The molecule has 6 heterocycles. The number of pyridine rings is 1. The standard InChI is InChI=1S/C23H29N5O4S/c1-15-8-22(11-31-15)3-6-28(7-4-22)21-16(10-29)26-18(9-25-21)33-17-2-5-24-20-19(17)32-14-23(27-20)12-30-13-23/h2,5,9,15,29H,3-4,6-8,10-14H2,1H3,(H,24,27)/t15-/m0/s1. The van der Waals surface area contributed by atoms with Gasteiger partial charge in [-0.1, -0.05) is 11.8 Å². The van der Waals surface area contributed by atoms with Gasteiger partial charge in [0.05, 0.1) is 43.6 Å². The highest BCUT2D eigenvalue weighted by molar-refractivity contribution is 7.99. The SMILES string of the molecule is C[C@H]1CC2(CCN(c3ncc(Sc4ccnc5c4OCC4(COC4)N5)nc3CO)CC2)CO1. The summed E-state index contributed by atoms with van der Waals surface area (Å²) in [5, 5.41) is 14.2. The number of piperidine rings is 1. The van der Waals surface area contributed by atoms with Crippen LogP contribution in [0.5, 0.6) is 5.75 Å². The second kappa shape index (κ2) is 8.26. The normalized spacial score (nSPS) is 24.8. The Hall–Kier alpha value is -2.14. The average Bonchev–Trinajstić information content (AvgIpc) is 3.18. The van der Waals surface area contributed by atoms with Crippen LogP contribution in [0.25, 0.3) is 0 Å². The van der Waals surface area contributed by atoms with Gasteiger partial charge in [-0.2, -0.15) is 0 Å². The molecule has 3 fully saturated rings. The molecule has 2 aromatic rings. The fraction of sp³-hybridized carbons (Fsp3) is 0.609. The first kappa shape index (κ1) is 21.4. The molecule has 2 N–H and O–H groups in total. The topological polar surface area (TPSA) is 102 Å². The van der Waals surface area contributed by atoms with Gasteiger partial charge in [-0.05, 0) is 37.7 Å². The Bertz CT molecular complexity index is 1040. The number of fused-ring (bicyclic) bond motifs is 1. The molecule has 6 rings (SSSR count). The van der Waals surface area contributed by atoms with Gasteiger partial charge in [0, 0.05) is 19.3 Å². The molecule has 0 amide bonds. The van der Waals surface area contributed by atoms with Crippen LogP contribution in [0.15, 0.2) is 28.4 Å². The first-order chi connectivity index (χ1) is 16.1. The summed E-state index contributed by atoms with van der Waals surface area (Å²) in [6, 6.07) is 1.92. The van der Waals surface area contributed by atoms with Gasteiger partial charge in [0.1, 0.15) is 22.9 Å². The monoisotopic (exact) mass is 471 g/mol. The molecule has 0 aliphatic carbocycles. The van der Waals surface area contributed by atoms with E-state index in [1.165, 1.54) is 11.8 Å². The van der Waals surface area contributed by atoms with Crippen LogP contribution in [0.2, 0.25) is 0 Å². The maximum Gasteiger partial charge on any atom is 0.175 e. The van der Waals surface area contributed by atoms with E-state index in [1.807, 2.05) is 6.07 Å². The lowest BCUT2D eigenvalue weighted by Gasteiger charge is -2.45. The molecule has 10 heteroatoms. The van der Waals surface area contributed by atoms with Gasteiger partial charge in [-0.3, -0.25) is 0 Å². The van der Waals surface area contributed by atoms with Crippen molar-refractivity contribution in [2.24, 2.45) is 5.41 Å². The van der Waals surface area contributed by atoms with Gasteiger partial charge in [0.15, 0.2) is 17.4 Å². The van der Waals surface area contributed by atoms with Crippen molar-refractivity contribution < 1.29 is 19.3 Å². The molecule has 176 valence electrons. The van der Waals surface area contributed by atoms with Gasteiger partial charge in [-0.25, -0.2) is 15.0 Å². The second-order valence-corrected chi connectivity index (χ2v) is 10.8. The van der Waals surface area contributed by atoms with Crippen LogP contribution in [-0.4, -0.2) is 71.2 Å². The molecule has 0 bridgehead atoms. The molecular formula is C23H29N5O4S. The molecule has 0 aromatic carbocycles. The maximum absolute atomic E-state index is 10.0. The summed E-state index contributed by atoms with van der Waals surface area (Å²) >= 11 is 1.47. The first-order valence-corrected chi connectivity index (χ1v) is 12.4. The van der Waals surface area contributed by atoms with E-state index in [-0.39, 0.29) is 12.1 Å². The van der Waals surface area contributed by atoms with Crippen molar-refractivity contribution in [3.63, 3.8) is 0 Å². The van der Waals surface area contributed by atoms with Crippen LogP contribution in [-0.2, 0) is 16.1 Å². The first-order valence-electron chi connectivity index (χ1n) is 11.6. The molecular weight excluding hydrogens is 442 g/mol. The Morgan fingerprint density at radius 3 is 2.76 bits per heavy atom. The van der Waals surface area contributed by atoms with Crippen molar-refractivity contribution in [3.05, 3.63) is 24.2 Å². The van der Waals surface area contributed by atoms with E-state index in [0.29, 0.717) is 37.0 Å². The number of rotatable bonds is 4. The van der Waals surface area contributed by atoms with Crippen LogP contribution < -0.4 is 15.0 Å². The number of anilines is 2. The highest BCUT2D eigenvalue weighted by atomic mass is 32.2. The minimum atomic E-state index is -0.162. The van der Waals surface area contributed by atoms with Gasteiger partial charge >= 0.3 is 0 Å². The summed E-state index contributed by atoms with van der Waals surface area (Å²) in [5.41, 5.74) is 0.751. The molecule has 3 saturated heterocycles. The zero-order chi connectivity index (χ0) is 22.5. The lowest BCUT2D eigenvalue weighted by atomic mass is 9.77. The molecule has 2 spiro atoms. The van der Waals surface area contributed by atoms with Crippen molar-refractivity contribution in [3.8, 4) is 5.75 Å². The largest absolute Gasteiger partial charge is 0.486 e. The zero-order valence-corrected chi connectivity index (χ0v) is 19.6. The van der Waals surface area contributed by atoms with E-state index in [0.717, 1.165) is 66.3 Å². The Labute approximate surface area is 197 Å². The molecule has 0 radical (unpaired) electrons. The summed E-state index contributed by atoms with van der Waals surface area (Å²) in [6.07, 6.45) is 7.21. The molecule has 1 atom stereocenters. The van der Waals surface area contributed by atoms with E-state index in [9.17, 15) is 5.11 Å². The molecule has 4 aliphatic heterocycles. The average molecular weight is 472 g/mol. The number of aliphatic hydroxyl groups is 1. The molecule has 0 saturated carbocycles. The van der Waals surface area contributed by atoms with Crippen molar-refractivity contribution in [2.75, 3.05) is 49.7 Å². The minimum absolute atomic E-state index is 0.145. The Balaban J connectivity index is 1.18. The smallest absolute Gasteiger partial charge is 0.175 e. The molecule has 33 heavy (non-hydrogen) atoms. The quantitative estimate of drug-likeness (QED) is 0.691. The Morgan fingerprint density at radius 1 is 1.21 bits per heavy atom. The van der Waals surface area contributed by atoms with Gasteiger partial charge in [0.25, 0.3) is 0 Å². The predicted molar refractivity (Wildman–Crippen MR) is 123 cm³/mol. The van der Waals surface area contributed by atoms with Crippen molar-refractivity contribution in [1.29, 1.82) is 0 Å². The summed E-state index contributed by atoms with van der Waals surface area (Å²) in [6.45, 7) is 6.49. The number of aliphatic hydroxyl groups excluding tert-OH is 1. The third-order valence-electron chi connectivity index (χ3n) is 7.18. The maximum atomic E-state index is 10.0. The lowest BCUT2D eigenvalue weighted by Crippen LogP contribution is -2.61. The summed E-state index contributed by atoms with van der Waals surface area (Å²) in [4.78, 5) is 17.1. The minimum Gasteiger partial charge on any atom is -0.486 e. The van der Waals surface area contributed by atoms with Crippen molar-refractivity contribution in [2.45, 2.75) is 54.4 Å². The van der Waals surface area contributed by atoms with Crippen LogP contribution in [0.1, 0.15) is 31.9 Å². The molecule has 9 nitrogen and oxygen atoms in total. The number of nitrogens with zero attached hydrogens (tertiary/aromatic N) is 4. The predicted octanol–water partition coefficient (Wildman–Crippen LogP) is 2.48. The van der Waals surface area contributed by atoms with E-state index in [4.69, 9.17) is 24.2 Å². The van der Waals surface area contributed by atoms with Crippen molar-refractivity contribution in [1.82, 2.24) is 15.0 Å². The van der Waals surface area contributed by atoms with E-state index >= 15 is 0 Å². The van der Waals surface area contributed by atoms with Gasteiger partial charge < -0.3 is 29.5 Å². The third-order valence-corrected chi connectivity index (χ3v) is 8.13. The number of ether oxygens (including phenoxy) is 3. The van der Waals surface area contributed by atoms with Crippen LogP contribution in [0.4, 0.5) is 11.6 Å². The van der Waals surface area contributed by atoms with Crippen LogP contribution in [0, 0.1) is 5.41 Å². The fourth-order valence-corrected chi connectivity index (χ4v) is 6.13. The second-order valence-electron chi connectivity index (χ2n) is 9.73. The Morgan fingerprint density at radius 2 is 2.06 bits per heavy atom. The summed E-state index contributed by atoms with van der Waals surface area (Å²) in [5.74, 6) is 2.24. The van der Waals surface area contributed by atoms with Crippen molar-refractivity contribution >= 4 is 23.4 Å². The highest BCUT2D eigenvalue weighted by Gasteiger charge is 2.44. The van der Waals surface area contributed by atoms with E-state index < -0.39 is 0 Å². The molecule has 4 aliphatic rings. The lowest BCUT2D eigenvalue weighted by molar-refractivity contribution is -0.0652. The number of hydrogen-bond donors (Lipinski definition) is 2. The van der Waals surface area contributed by atoms with Crippen LogP contribution in [0.3, 0.4) is 0 Å². The van der Waals surface area contributed by atoms with Crippen LogP contribution >= 0.6 is 11.8 Å². The summed E-state index contributed by atoms with van der Waals surface area (Å²) in [7, 11) is 0. The summed E-state index contributed by atoms with van der Waals surface area (Å²) < 4.78 is 17.3. The number of hydrogen-bond acceptors (Lipinski definition) is 10.